The third-order valence-corrected chi connectivity index (χ3v) is 4.46. The molecule has 0 fully saturated rings. The van der Waals surface area contributed by atoms with E-state index >= 15 is 0 Å². The summed E-state index contributed by atoms with van der Waals surface area (Å²) < 4.78 is 1.37. The number of nitrogens with zero attached hydrogens (tertiary/aromatic N) is 2. The van der Waals surface area contributed by atoms with Gasteiger partial charge in [-0.15, -0.1) is 0 Å². The second-order valence-electron chi connectivity index (χ2n) is 7.32. The van der Waals surface area contributed by atoms with Gasteiger partial charge in [0.2, 0.25) is 5.91 Å². The van der Waals surface area contributed by atoms with Crippen LogP contribution in [0, 0.1) is 5.92 Å². The fourth-order valence-corrected chi connectivity index (χ4v) is 2.97. The molecular formula is C22H24N4O3. The zero-order valence-electron chi connectivity index (χ0n) is 16.7. The zero-order valence-corrected chi connectivity index (χ0v) is 16.7. The van der Waals surface area contributed by atoms with Gasteiger partial charge in [0, 0.05) is 30.2 Å². The molecule has 0 saturated heterocycles. The zero-order chi connectivity index (χ0) is 21.0. The van der Waals surface area contributed by atoms with Crippen LogP contribution in [0.3, 0.4) is 0 Å². The highest BCUT2D eigenvalue weighted by Gasteiger charge is 2.17. The number of rotatable bonds is 6. The lowest BCUT2D eigenvalue weighted by molar-refractivity contribution is -0.114. The quantitative estimate of drug-likeness (QED) is 0.670. The van der Waals surface area contributed by atoms with E-state index < -0.39 is 5.91 Å². The average Bonchev–Trinajstić information content (AvgIpc) is 2.68. The molecule has 1 heterocycles. The van der Waals surface area contributed by atoms with Crippen molar-refractivity contribution in [3.05, 3.63) is 64.6 Å². The molecule has 2 aromatic carbocycles. The summed E-state index contributed by atoms with van der Waals surface area (Å²) in [5, 5.41) is 10.8. The van der Waals surface area contributed by atoms with Gasteiger partial charge in [-0.2, -0.15) is 5.10 Å². The van der Waals surface area contributed by atoms with Gasteiger partial charge in [-0.05, 0) is 42.7 Å². The number of amides is 2. The first-order valence-corrected chi connectivity index (χ1v) is 9.54. The minimum absolute atomic E-state index is 0.166. The summed E-state index contributed by atoms with van der Waals surface area (Å²) in [6.45, 7) is 6.03. The highest BCUT2D eigenvalue weighted by molar-refractivity contribution is 6.11. The standard InChI is InChI=1S/C22H24N4O3/c1-14(2)12-13-26-22(29)19-7-5-4-6-18(19)20(25-26)21(28)24-17-10-8-16(9-11-17)23-15(3)27/h4-11,14H,12-13H2,1-3H3,(H,23,27)(H,24,28). The molecule has 3 aromatic rings. The maximum Gasteiger partial charge on any atom is 0.276 e. The minimum Gasteiger partial charge on any atom is -0.326 e. The van der Waals surface area contributed by atoms with E-state index in [1.54, 1.807) is 48.5 Å². The third kappa shape index (κ3) is 4.87. The molecule has 150 valence electrons. The van der Waals surface area contributed by atoms with Crippen LogP contribution in [0.4, 0.5) is 11.4 Å². The summed E-state index contributed by atoms with van der Waals surface area (Å²) in [4.78, 5) is 36.8. The van der Waals surface area contributed by atoms with E-state index in [9.17, 15) is 14.4 Å². The van der Waals surface area contributed by atoms with Crippen LogP contribution in [0.25, 0.3) is 10.8 Å². The van der Waals surface area contributed by atoms with Crippen LogP contribution in [0.1, 0.15) is 37.7 Å². The molecule has 2 N–H and O–H groups in total. The van der Waals surface area contributed by atoms with Crippen LogP contribution in [0.15, 0.2) is 53.3 Å². The molecule has 0 radical (unpaired) electrons. The fraction of sp³-hybridized carbons (Fsp3) is 0.273. The number of nitrogens with one attached hydrogen (secondary N) is 2. The van der Waals surface area contributed by atoms with Crippen molar-refractivity contribution in [1.82, 2.24) is 9.78 Å². The normalized spacial score (nSPS) is 10.9. The first-order chi connectivity index (χ1) is 13.8. The molecule has 0 aliphatic carbocycles. The summed E-state index contributed by atoms with van der Waals surface area (Å²) in [5.41, 5.74) is 1.21. The van der Waals surface area contributed by atoms with Crippen molar-refractivity contribution in [2.45, 2.75) is 33.7 Å². The van der Waals surface area contributed by atoms with Crippen molar-refractivity contribution in [2.75, 3.05) is 10.6 Å². The van der Waals surface area contributed by atoms with Crippen LogP contribution in [0.2, 0.25) is 0 Å². The number of carbonyl (C=O) groups is 2. The highest BCUT2D eigenvalue weighted by atomic mass is 16.2. The number of anilines is 2. The third-order valence-electron chi connectivity index (χ3n) is 4.46. The van der Waals surface area contributed by atoms with Crippen LogP contribution in [-0.4, -0.2) is 21.6 Å². The van der Waals surface area contributed by atoms with Crippen molar-refractivity contribution < 1.29 is 9.59 Å². The number of carbonyl (C=O) groups excluding carboxylic acids is 2. The van der Waals surface area contributed by atoms with Crippen molar-refractivity contribution in [2.24, 2.45) is 5.92 Å². The number of hydrogen-bond acceptors (Lipinski definition) is 4. The molecule has 0 aliphatic rings. The molecule has 2 amide bonds. The molecule has 0 bridgehead atoms. The molecule has 0 saturated carbocycles. The predicted octanol–water partition coefficient (Wildman–Crippen LogP) is 3.65. The van der Waals surface area contributed by atoms with E-state index in [1.165, 1.54) is 11.6 Å². The highest BCUT2D eigenvalue weighted by Crippen LogP contribution is 2.18. The van der Waals surface area contributed by atoms with Gasteiger partial charge in [0.1, 0.15) is 0 Å². The van der Waals surface area contributed by atoms with Crippen molar-refractivity contribution in [3.63, 3.8) is 0 Å². The Balaban J connectivity index is 1.93. The van der Waals surface area contributed by atoms with Gasteiger partial charge >= 0.3 is 0 Å². The Labute approximate surface area is 168 Å². The average molecular weight is 392 g/mol. The molecular weight excluding hydrogens is 368 g/mol. The summed E-state index contributed by atoms with van der Waals surface area (Å²) in [6.07, 6.45) is 0.789. The Morgan fingerprint density at radius 3 is 2.14 bits per heavy atom. The second kappa shape index (κ2) is 8.68. The summed E-state index contributed by atoms with van der Waals surface area (Å²) >= 11 is 0. The Bertz CT molecular complexity index is 1100. The number of hydrogen-bond donors (Lipinski definition) is 2. The van der Waals surface area contributed by atoms with Crippen LogP contribution < -0.4 is 16.2 Å². The van der Waals surface area contributed by atoms with Gasteiger partial charge in [-0.25, -0.2) is 4.68 Å². The molecule has 29 heavy (non-hydrogen) atoms. The lowest BCUT2D eigenvalue weighted by Crippen LogP contribution is -2.28. The largest absolute Gasteiger partial charge is 0.326 e. The number of aryl methyl sites for hydroxylation is 1. The topological polar surface area (TPSA) is 93.1 Å². The van der Waals surface area contributed by atoms with Crippen LogP contribution in [-0.2, 0) is 11.3 Å². The number of benzene rings is 2. The van der Waals surface area contributed by atoms with Gasteiger partial charge in [-0.3, -0.25) is 14.4 Å². The lowest BCUT2D eigenvalue weighted by Gasteiger charge is -2.12. The Hall–Kier alpha value is -3.48. The van der Waals surface area contributed by atoms with Crippen LogP contribution in [0.5, 0.6) is 0 Å². The van der Waals surface area contributed by atoms with Gasteiger partial charge in [-0.1, -0.05) is 32.0 Å². The van der Waals surface area contributed by atoms with Crippen molar-refractivity contribution in [1.29, 1.82) is 0 Å². The maximum atomic E-state index is 12.9. The summed E-state index contributed by atoms with van der Waals surface area (Å²) in [5.74, 6) is -0.151. The van der Waals surface area contributed by atoms with Gasteiger partial charge in [0.15, 0.2) is 5.69 Å². The lowest BCUT2D eigenvalue weighted by atomic mass is 10.1. The summed E-state index contributed by atoms with van der Waals surface area (Å²) in [6, 6.07) is 13.8. The minimum atomic E-state index is -0.397. The van der Waals surface area contributed by atoms with Gasteiger partial charge < -0.3 is 10.6 Å². The fourth-order valence-electron chi connectivity index (χ4n) is 2.97. The Morgan fingerprint density at radius 2 is 1.55 bits per heavy atom. The Kier molecular flexibility index (Phi) is 6.07. The van der Waals surface area contributed by atoms with E-state index in [-0.39, 0.29) is 17.2 Å². The molecule has 7 heteroatoms. The monoisotopic (exact) mass is 392 g/mol. The SMILES string of the molecule is CC(=O)Nc1ccc(NC(=O)c2nn(CCC(C)C)c(=O)c3ccccc23)cc1. The predicted molar refractivity (Wildman–Crippen MR) is 114 cm³/mol. The summed E-state index contributed by atoms with van der Waals surface area (Å²) in [7, 11) is 0. The first-order valence-electron chi connectivity index (χ1n) is 9.54. The van der Waals surface area contributed by atoms with E-state index in [2.05, 4.69) is 29.6 Å². The molecule has 0 spiro atoms. The number of fused-ring (bicyclic) bond motifs is 1. The van der Waals surface area contributed by atoms with E-state index in [4.69, 9.17) is 0 Å². The molecule has 3 rings (SSSR count). The van der Waals surface area contributed by atoms with E-state index in [1.807, 2.05) is 0 Å². The van der Waals surface area contributed by atoms with E-state index in [0.29, 0.717) is 34.6 Å². The molecule has 0 unspecified atom stereocenters. The maximum absolute atomic E-state index is 12.9. The van der Waals surface area contributed by atoms with Crippen molar-refractivity contribution in [3.8, 4) is 0 Å². The Morgan fingerprint density at radius 1 is 0.966 bits per heavy atom. The van der Waals surface area contributed by atoms with Gasteiger partial charge in [0.25, 0.3) is 11.5 Å². The van der Waals surface area contributed by atoms with E-state index in [0.717, 1.165) is 6.42 Å². The van der Waals surface area contributed by atoms with Gasteiger partial charge in [0.05, 0.1) is 5.39 Å². The smallest absolute Gasteiger partial charge is 0.276 e. The molecule has 0 atom stereocenters. The number of aromatic nitrogens is 2. The van der Waals surface area contributed by atoms with Crippen LogP contribution >= 0.6 is 0 Å². The van der Waals surface area contributed by atoms with Crippen molar-refractivity contribution >= 4 is 34.0 Å². The molecule has 1 aromatic heterocycles. The molecule has 7 nitrogen and oxygen atoms in total. The second-order valence-corrected chi connectivity index (χ2v) is 7.32. The molecule has 0 aliphatic heterocycles. The first kappa shape index (κ1) is 20.3.